The van der Waals surface area contributed by atoms with Crippen molar-refractivity contribution in [3.05, 3.63) is 212 Å². The molecule has 0 N–H and O–H groups in total. The van der Waals surface area contributed by atoms with Gasteiger partial charge in [0.25, 0.3) is 0 Å². The van der Waals surface area contributed by atoms with E-state index >= 15 is 0 Å². The summed E-state index contributed by atoms with van der Waals surface area (Å²) >= 11 is 0. The number of fused-ring (bicyclic) bond motifs is 10. The van der Waals surface area contributed by atoms with Gasteiger partial charge in [-0.2, -0.15) is 0 Å². The smallest absolute Gasteiger partial charge is 0.0788 e. The molecule has 3 aromatic heterocycles. The van der Waals surface area contributed by atoms with Crippen molar-refractivity contribution in [2.24, 2.45) is 0 Å². The molecule has 0 radical (unpaired) electrons. The summed E-state index contributed by atoms with van der Waals surface area (Å²) in [6, 6.07) is 77.5. The maximum absolute atomic E-state index is 2.51. The second-order valence-corrected chi connectivity index (χ2v) is 15.0. The van der Waals surface area contributed by atoms with Gasteiger partial charge in [-0.3, -0.25) is 0 Å². The highest BCUT2D eigenvalue weighted by Crippen LogP contribution is 2.43. The van der Waals surface area contributed by atoms with Gasteiger partial charge in [0.05, 0.1) is 33.1 Å². The zero-order chi connectivity index (χ0) is 37.5. The normalized spacial score (nSPS) is 11.9. The second-order valence-electron chi connectivity index (χ2n) is 15.0. The van der Waals surface area contributed by atoms with Crippen LogP contribution in [0.15, 0.2) is 212 Å². The Morgan fingerprint density at radius 1 is 0.211 bits per heavy atom. The van der Waals surface area contributed by atoms with Crippen molar-refractivity contribution in [3.63, 3.8) is 0 Å². The molecule has 57 heavy (non-hydrogen) atoms. The average Bonchev–Trinajstić information content (AvgIpc) is 3.93. The predicted molar refractivity (Wildman–Crippen MR) is 240 cm³/mol. The van der Waals surface area contributed by atoms with Gasteiger partial charge in [0.15, 0.2) is 0 Å². The molecule has 0 unspecified atom stereocenters. The second kappa shape index (κ2) is 12.5. The Balaban J connectivity index is 1.20. The van der Waals surface area contributed by atoms with Crippen molar-refractivity contribution in [3.8, 4) is 39.3 Å². The molecular formula is C54H35N3. The van der Waals surface area contributed by atoms with E-state index in [9.17, 15) is 0 Å². The Bertz CT molecular complexity index is 3400. The summed E-state index contributed by atoms with van der Waals surface area (Å²) in [5.74, 6) is 0. The van der Waals surface area contributed by atoms with Gasteiger partial charge in [0.1, 0.15) is 0 Å². The molecule has 0 amide bonds. The van der Waals surface area contributed by atoms with Crippen LogP contribution in [0.5, 0.6) is 0 Å². The van der Waals surface area contributed by atoms with E-state index in [1.165, 1.54) is 87.7 Å². The van der Waals surface area contributed by atoms with Gasteiger partial charge in [-0.15, -0.1) is 0 Å². The van der Waals surface area contributed by atoms with Crippen LogP contribution in [0.2, 0.25) is 0 Å². The lowest BCUT2D eigenvalue weighted by molar-refractivity contribution is 1.13. The van der Waals surface area contributed by atoms with Crippen LogP contribution in [-0.2, 0) is 0 Å². The first-order valence-electron chi connectivity index (χ1n) is 19.6. The molecule has 3 heteroatoms. The van der Waals surface area contributed by atoms with Crippen molar-refractivity contribution < 1.29 is 0 Å². The molecular weight excluding hydrogens is 691 g/mol. The van der Waals surface area contributed by atoms with E-state index in [0.717, 1.165) is 17.1 Å². The summed E-state index contributed by atoms with van der Waals surface area (Å²) in [4.78, 5) is 0. The average molecular weight is 726 g/mol. The molecule has 0 aliphatic carbocycles. The molecule has 0 atom stereocenters. The first kappa shape index (κ1) is 31.7. The Morgan fingerprint density at radius 2 is 0.579 bits per heavy atom. The minimum absolute atomic E-state index is 1.12. The van der Waals surface area contributed by atoms with Crippen molar-refractivity contribution in [1.29, 1.82) is 0 Å². The van der Waals surface area contributed by atoms with E-state index in [1.807, 2.05) is 0 Å². The Kier molecular flexibility index (Phi) is 6.93. The molecule has 12 aromatic rings. The van der Waals surface area contributed by atoms with Crippen molar-refractivity contribution >= 4 is 65.4 Å². The molecule has 0 aliphatic rings. The summed E-state index contributed by atoms with van der Waals surface area (Å²) in [7, 11) is 0. The van der Waals surface area contributed by atoms with Gasteiger partial charge in [0, 0.05) is 49.4 Å². The van der Waals surface area contributed by atoms with E-state index in [4.69, 9.17) is 0 Å². The van der Waals surface area contributed by atoms with Gasteiger partial charge in [-0.05, 0) is 82.9 Å². The Labute approximate surface area is 329 Å². The SMILES string of the molecule is c1ccc(-c2cc(-c3ccccc3)cc(-n3c4ccccc4c4ccc5c6ccccc6n(-c6cccc(-n7c8ccccc8c8ccccc87)c6)c5c43)c2)cc1. The molecule has 0 spiro atoms. The summed E-state index contributed by atoms with van der Waals surface area (Å²) < 4.78 is 7.42. The molecule has 12 rings (SSSR count). The third-order valence-corrected chi connectivity index (χ3v) is 11.8. The summed E-state index contributed by atoms with van der Waals surface area (Å²) in [6.07, 6.45) is 0. The highest BCUT2D eigenvalue weighted by Gasteiger charge is 2.22. The van der Waals surface area contributed by atoms with E-state index in [1.54, 1.807) is 0 Å². The third-order valence-electron chi connectivity index (χ3n) is 11.8. The molecule has 0 saturated carbocycles. The quantitative estimate of drug-likeness (QED) is 0.168. The molecule has 0 fully saturated rings. The van der Waals surface area contributed by atoms with E-state index in [-0.39, 0.29) is 0 Å². The van der Waals surface area contributed by atoms with Crippen LogP contribution in [0.25, 0.3) is 105 Å². The summed E-state index contributed by atoms with van der Waals surface area (Å²) in [5, 5.41) is 7.44. The number of rotatable bonds is 5. The molecule has 0 saturated heterocycles. The maximum Gasteiger partial charge on any atom is 0.0788 e. The van der Waals surface area contributed by atoms with Crippen LogP contribution in [-0.4, -0.2) is 13.7 Å². The minimum Gasteiger partial charge on any atom is -0.309 e. The fourth-order valence-electron chi connectivity index (χ4n) is 9.34. The maximum atomic E-state index is 2.51. The molecule has 3 heterocycles. The molecule has 0 bridgehead atoms. The molecule has 9 aromatic carbocycles. The van der Waals surface area contributed by atoms with E-state index < -0.39 is 0 Å². The van der Waals surface area contributed by atoms with Gasteiger partial charge in [0.2, 0.25) is 0 Å². The van der Waals surface area contributed by atoms with Gasteiger partial charge < -0.3 is 13.7 Å². The van der Waals surface area contributed by atoms with E-state index in [2.05, 4.69) is 226 Å². The highest BCUT2D eigenvalue weighted by atomic mass is 15.1. The van der Waals surface area contributed by atoms with Crippen LogP contribution in [0.3, 0.4) is 0 Å². The van der Waals surface area contributed by atoms with Crippen molar-refractivity contribution in [2.75, 3.05) is 0 Å². The summed E-state index contributed by atoms with van der Waals surface area (Å²) in [6.45, 7) is 0. The lowest BCUT2D eigenvalue weighted by Crippen LogP contribution is -2.01. The topological polar surface area (TPSA) is 14.8 Å². The fraction of sp³-hybridized carbons (Fsp3) is 0. The minimum atomic E-state index is 1.12. The number of hydrogen-bond donors (Lipinski definition) is 0. The lowest BCUT2D eigenvalue weighted by atomic mass is 9.98. The first-order valence-corrected chi connectivity index (χ1v) is 19.6. The fourth-order valence-corrected chi connectivity index (χ4v) is 9.34. The van der Waals surface area contributed by atoms with Crippen LogP contribution < -0.4 is 0 Å². The zero-order valence-corrected chi connectivity index (χ0v) is 31.0. The van der Waals surface area contributed by atoms with Gasteiger partial charge in [-0.25, -0.2) is 0 Å². The molecule has 3 nitrogen and oxygen atoms in total. The van der Waals surface area contributed by atoms with Crippen molar-refractivity contribution in [2.45, 2.75) is 0 Å². The number of benzene rings is 9. The molecule has 266 valence electrons. The number of para-hydroxylation sites is 4. The van der Waals surface area contributed by atoms with Crippen LogP contribution in [0, 0.1) is 0 Å². The predicted octanol–water partition coefficient (Wildman–Crippen LogP) is 14.3. The number of hydrogen-bond acceptors (Lipinski definition) is 0. The largest absolute Gasteiger partial charge is 0.309 e. The Hall–Kier alpha value is -7.62. The third kappa shape index (κ3) is 4.79. The zero-order valence-electron chi connectivity index (χ0n) is 31.0. The van der Waals surface area contributed by atoms with E-state index in [0.29, 0.717) is 0 Å². The number of nitrogens with zero attached hydrogens (tertiary/aromatic N) is 3. The van der Waals surface area contributed by atoms with Crippen LogP contribution in [0.1, 0.15) is 0 Å². The monoisotopic (exact) mass is 725 g/mol. The summed E-state index contributed by atoms with van der Waals surface area (Å²) in [5.41, 5.74) is 15.3. The van der Waals surface area contributed by atoms with Crippen LogP contribution >= 0.6 is 0 Å². The first-order chi connectivity index (χ1) is 28.3. The lowest BCUT2D eigenvalue weighted by Gasteiger charge is -2.16. The van der Waals surface area contributed by atoms with Gasteiger partial charge in [-0.1, -0.05) is 152 Å². The number of aromatic nitrogens is 3. The van der Waals surface area contributed by atoms with Crippen LogP contribution in [0.4, 0.5) is 0 Å². The van der Waals surface area contributed by atoms with Crippen molar-refractivity contribution in [1.82, 2.24) is 13.7 Å². The standard InChI is InChI=1S/C54H35N3/c1-3-16-36(17-4-1)38-32-39(37-18-5-2-6-19-37)34-42(33-38)57-52-29-14-10-25-46(52)48-31-30-47-45-24-9-13-28-51(45)56(53(47)54(48)57)41-21-15-20-40(35-41)55-49-26-11-7-22-43(49)44-23-8-12-27-50(44)55/h1-35H. The molecule has 0 aliphatic heterocycles. The Morgan fingerprint density at radius 3 is 1.05 bits per heavy atom. The van der Waals surface area contributed by atoms with Gasteiger partial charge >= 0.3 is 0 Å². The highest BCUT2D eigenvalue weighted by molar-refractivity contribution is 6.24.